The number of nitrogens with zero attached hydrogens (tertiary/aromatic N) is 3. The molecule has 0 spiro atoms. The Morgan fingerprint density at radius 1 is 0.723 bits per heavy atom. The van der Waals surface area contributed by atoms with Gasteiger partial charge in [0.1, 0.15) is 0 Å². The van der Waals surface area contributed by atoms with Gasteiger partial charge in [0.05, 0.1) is 5.82 Å². The van der Waals surface area contributed by atoms with Crippen LogP contribution in [-0.4, -0.2) is 14.1 Å². The maximum Gasteiger partial charge on any atom is 0.0603 e. The molecule has 0 saturated carbocycles. The first-order chi connectivity index (χ1) is 22.5. The fourth-order valence-electron chi connectivity index (χ4n) is 7.41. The number of aromatic nitrogens is 3. The Balaban J connectivity index is 0.00000386. The van der Waals surface area contributed by atoms with Crippen LogP contribution in [0, 0.1) is 33.8 Å². The van der Waals surface area contributed by atoms with Crippen LogP contribution in [0.25, 0.3) is 55.7 Å². The van der Waals surface area contributed by atoms with Crippen LogP contribution in [0.3, 0.4) is 0 Å². The summed E-state index contributed by atoms with van der Waals surface area (Å²) in [6.45, 7) is 11.3. The van der Waals surface area contributed by atoms with E-state index < -0.39 is 0 Å². The summed E-state index contributed by atoms with van der Waals surface area (Å²) in [4.78, 5) is 4.88. The normalized spacial score (nSPS) is 11.3. The summed E-state index contributed by atoms with van der Waals surface area (Å²) in [5.41, 5.74) is 15.0. The predicted octanol–water partition coefficient (Wildman–Crippen LogP) is 11.5. The number of aryl methyl sites for hydroxylation is 4. The Kier molecular flexibility index (Phi) is 9.64. The molecule has 7 rings (SSSR count). The topological polar surface area (TPSA) is 22.8 Å². The standard InChI is InChI=1S/C43H42N3.Ir/c1-6-7-8-10-15-33-21-20-29(2)41(32(33)5)35-26-30(3)42(31(4)27-35)45-25-24-44-43(45)34-22-23-40-38(28-34)37-18-13-14-19-39(37)46(40)36-16-11-9-12-17-36;/h9,11-14,16-21,23-28H,6-8,10,15H2,1-5H3;/q-1;. The monoisotopic (exact) mass is 793 g/mol. The van der Waals surface area contributed by atoms with Gasteiger partial charge in [-0.05, 0) is 121 Å². The fourth-order valence-corrected chi connectivity index (χ4v) is 7.41. The number of hydrogen-bond acceptors (Lipinski definition) is 1. The van der Waals surface area contributed by atoms with Crippen molar-refractivity contribution in [2.24, 2.45) is 0 Å². The number of unbranched alkanes of at least 4 members (excludes halogenated alkanes) is 3. The Bertz CT molecular complexity index is 2160. The quantitative estimate of drug-likeness (QED) is 0.105. The zero-order chi connectivity index (χ0) is 31.8. The molecule has 1 radical (unpaired) electrons. The number of fused-ring (bicyclic) bond motifs is 3. The molecule has 0 unspecified atom stereocenters. The van der Waals surface area contributed by atoms with E-state index in [4.69, 9.17) is 4.98 Å². The van der Waals surface area contributed by atoms with Crippen molar-refractivity contribution in [1.29, 1.82) is 0 Å². The molecule has 0 saturated heterocycles. The summed E-state index contributed by atoms with van der Waals surface area (Å²) in [6, 6.07) is 36.6. The van der Waals surface area contributed by atoms with Crippen molar-refractivity contribution in [3.05, 3.63) is 137 Å². The smallest absolute Gasteiger partial charge is 0.0603 e. The van der Waals surface area contributed by atoms with Gasteiger partial charge in [-0.2, -0.15) is 0 Å². The molecule has 4 heteroatoms. The maximum atomic E-state index is 4.88. The van der Waals surface area contributed by atoms with Gasteiger partial charge in [-0.15, -0.1) is 23.8 Å². The molecule has 0 aliphatic rings. The minimum Gasteiger partial charge on any atom is -0.351 e. The van der Waals surface area contributed by atoms with Gasteiger partial charge in [0, 0.05) is 49.4 Å². The zero-order valence-electron chi connectivity index (χ0n) is 28.0. The van der Waals surface area contributed by atoms with E-state index in [0.29, 0.717) is 0 Å². The predicted molar refractivity (Wildman–Crippen MR) is 194 cm³/mol. The second-order valence-electron chi connectivity index (χ2n) is 12.8. The van der Waals surface area contributed by atoms with Crippen LogP contribution in [0.5, 0.6) is 0 Å². The van der Waals surface area contributed by atoms with Crippen LogP contribution in [0.4, 0.5) is 0 Å². The third kappa shape index (κ3) is 6.02. The molecule has 0 fully saturated rings. The Morgan fingerprint density at radius 2 is 1.47 bits per heavy atom. The van der Waals surface area contributed by atoms with Crippen LogP contribution in [0.1, 0.15) is 60.4 Å². The van der Waals surface area contributed by atoms with Crippen molar-refractivity contribution in [2.75, 3.05) is 0 Å². The number of hydrogen-bond donors (Lipinski definition) is 0. The van der Waals surface area contributed by atoms with Gasteiger partial charge >= 0.3 is 0 Å². The molecule has 5 aromatic carbocycles. The maximum absolute atomic E-state index is 4.88. The average molecular weight is 793 g/mol. The van der Waals surface area contributed by atoms with Gasteiger partial charge in [0.25, 0.3) is 0 Å². The molecule has 0 aliphatic heterocycles. The largest absolute Gasteiger partial charge is 0.351 e. The van der Waals surface area contributed by atoms with Gasteiger partial charge in [0.2, 0.25) is 0 Å². The van der Waals surface area contributed by atoms with Gasteiger partial charge in [-0.1, -0.05) is 80.1 Å². The van der Waals surface area contributed by atoms with Gasteiger partial charge < -0.3 is 9.13 Å². The molecule has 2 heterocycles. The van der Waals surface area contributed by atoms with Gasteiger partial charge in [-0.25, -0.2) is 0 Å². The second kappa shape index (κ2) is 13.9. The number of imidazole rings is 1. The summed E-state index contributed by atoms with van der Waals surface area (Å²) in [7, 11) is 0. The summed E-state index contributed by atoms with van der Waals surface area (Å²) in [5, 5.41) is 2.43. The summed E-state index contributed by atoms with van der Waals surface area (Å²) < 4.78 is 4.57. The number of para-hydroxylation sites is 2. The molecular weight excluding hydrogens is 751 g/mol. The van der Waals surface area contributed by atoms with E-state index in [1.54, 1.807) is 0 Å². The summed E-state index contributed by atoms with van der Waals surface area (Å²) in [5.74, 6) is 0.902. The molecular formula is C43H42IrN3-. The van der Waals surface area contributed by atoms with Gasteiger partial charge in [-0.3, -0.25) is 4.98 Å². The van der Waals surface area contributed by atoms with Crippen molar-refractivity contribution in [2.45, 2.75) is 66.7 Å². The third-order valence-electron chi connectivity index (χ3n) is 9.61. The molecule has 0 N–H and O–H groups in total. The third-order valence-corrected chi connectivity index (χ3v) is 9.61. The molecule has 0 amide bonds. The first-order valence-electron chi connectivity index (χ1n) is 16.7. The molecule has 0 aliphatic carbocycles. The molecule has 0 bridgehead atoms. The van der Waals surface area contributed by atoms with E-state index >= 15 is 0 Å². The van der Waals surface area contributed by atoms with E-state index in [1.807, 2.05) is 6.20 Å². The van der Waals surface area contributed by atoms with Gasteiger partial charge in [0.15, 0.2) is 0 Å². The number of rotatable bonds is 9. The van der Waals surface area contributed by atoms with Crippen LogP contribution in [0.2, 0.25) is 0 Å². The molecule has 2 aromatic heterocycles. The summed E-state index contributed by atoms with van der Waals surface area (Å²) in [6.07, 6.45) is 10.3. The summed E-state index contributed by atoms with van der Waals surface area (Å²) >= 11 is 0. The first kappa shape index (κ1) is 32.7. The van der Waals surface area contributed by atoms with Crippen molar-refractivity contribution < 1.29 is 20.1 Å². The molecule has 239 valence electrons. The van der Waals surface area contributed by atoms with E-state index in [0.717, 1.165) is 29.0 Å². The van der Waals surface area contributed by atoms with Crippen molar-refractivity contribution in [1.82, 2.24) is 14.1 Å². The van der Waals surface area contributed by atoms with Crippen LogP contribution in [-0.2, 0) is 26.5 Å². The molecule has 0 atom stereocenters. The first-order valence-corrected chi connectivity index (χ1v) is 16.7. The molecule has 7 aromatic rings. The fraction of sp³-hybridized carbons (Fsp3) is 0.233. The van der Waals surface area contributed by atoms with Crippen LogP contribution in [0.15, 0.2) is 103 Å². The SMILES string of the molecule is CCCCCCc1ccc(C)c(-c2cc(C)c(-n3ccnc3-c3[c-]cc4c(c3)c3ccccc3n4-c3ccccc3)c(C)c2)c1C.[Ir]. The van der Waals surface area contributed by atoms with E-state index in [-0.39, 0.29) is 20.1 Å². The average Bonchev–Trinajstić information content (AvgIpc) is 3.67. The van der Waals surface area contributed by atoms with E-state index in [1.165, 1.54) is 86.6 Å². The van der Waals surface area contributed by atoms with E-state index in [2.05, 4.69) is 147 Å². The Labute approximate surface area is 292 Å². The molecule has 3 nitrogen and oxygen atoms in total. The van der Waals surface area contributed by atoms with Crippen LogP contribution < -0.4 is 0 Å². The molecule has 47 heavy (non-hydrogen) atoms. The number of benzene rings is 5. The van der Waals surface area contributed by atoms with Crippen molar-refractivity contribution in [3.63, 3.8) is 0 Å². The minimum atomic E-state index is 0. The van der Waals surface area contributed by atoms with Crippen molar-refractivity contribution >= 4 is 21.8 Å². The van der Waals surface area contributed by atoms with Crippen LogP contribution >= 0.6 is 0 Å². The Hall–Kier alpha value is -4.24. The Morgan fingerprint density at radius 3 is 2.23 bits per heavy atom. The van der Waals surface area contributed by atoms with E-state index in [9.17, 15) is 0 Å². The second-order valence-corrected chi connectivity index (χ2v) is 12.8. The van der Waals surface area contributed by atoms with Crippen molar-refractivity contribution in [3.8, 4) is 33.9 Å². The zero-order valence-corrected chi connectivity index (χ0v) is 30.4. The minimum absolute atomic E-state index is 0.